The lowest BCUT2D eigenvalue weighted by Crippen LogP contribution is -2.25. The van der Waals surface area contributed by atoms with Crippen LogP contribution < -0.4 is 5.32 Å². The molecule has 0 aliphatic carbocycles. The minimum atomic E-state index is -0.536. The van der Waals surface area contributed by atoms with Crippen molar-refractivity contribution in [1.29, 1.82) is 0 Å². The number of H-pyrrole nitrogens is 1. The van der Waals surface area contributed by atoms with Gasteiger partial charge in [-0.3, -0.25) is 24.9 Å². The molecule has 1 aliphatic rings. The average molecular weight is 399 g/mol. The first-order chi connectivity index (χ1) is 14.1. The largest absolute Gasteiger partial charge is 0.346 e. The molecule has 156 valence electrons. The van der Waals surface area contributed by atoms with Gasteiger partial charge in [0.1, 0.15) is 5.69 Å². The smallest absolute Gasteiger partial charge is 0.322 e. The summed E-state index contributed by atoms with van der Waals surface area (Å²) < 4.78 is 0. The number of rotatable bonds is 8. The van der Waals surface area contributed by atoms with E-state index in [4.69, 9.17) is 0 Å². The molecule has 1 saturated heterocycles. The van der Waals surface area contributed by atoms with Crippen molar-refractivity contribution in [3.63, 3.8) is 0 Å². The Morgan fingerprint density at radius 3 is 2.66 bits per heavy atom. The maximum absolute atomic E-state index is 12.5. The lowest BCUT2D eigenvalue weighted by Gasteiger charge is -2.20. The second-order valence-corrected chi connectivity index (χ2v) is 7.60. The van der Waals surface area contributed by atoms with E-state index < -0.39 is 10.8 Å². The maximum atomic E-state index is 12.5. The first-order valence-electron chi connectivity index (χ1n) is 10.4. The van der Waals surface area contributed by atoms with Gasteiger partial charge in [-0.1, -0.05) is 50.5 Å². The van der Waals surface area contributed by atoms with E-state index in [-0.39, 0.29) is 11.4 Å². The molecule has 3 rings (SSSR count). The number of benzene rings is 1. The monoisotopic (exact) mass is 399 g/mol. The zero-order chi connectivity index (χ0) is 20.6. The second kappa shape index (κ2) is 10.2. The molecular formula is C21H29N5O3. The van der Waals surface area contributed by atoms with E-state index in [1.165, 1.54) is 31.2 Å². The van der Waals surface area contributed by atoms with Crippen LogP contribution in [-0.4, -0.2) is 39.0 Å². The molecule has 29 heavy (non-hydrogen) atoms. The summed E-state index contributed by atoms with van der Waals surface area (Å²) in [7, 11) is 0. The molecule has 1 fully saturated rings. The highest BCUT2D eigenvalue weighted by molar-refractivity contribution is 5.96. The third-order valence-corrected chi connectivity index (χ3v) is 5.26. The Morgan fingerprint density at radius 2 is 1.97 bits per heavy atom. The minimum absolute atomic E-state index is 0.154. The summed E-state index contributed by atoms with van der Waals surface area (Å²) in [5, 5.41) is 20.7. The van der Waals surface area contributed by atoms with Gasteiger partial charge in [0, 0.05) is 13.1 Å². The van der Waals surface area contributed by atoms with E-state index >= 15 is 0 Å². The van der Waals surface area contributed by atoms with Crippen LogP contribution in [0.1, 0.15) is 66.3 Å². The number of likely N-dealkylation sites (tertiary alicyclic amines) is 1. The molecule has 8 heteroatoms. The number of carbonyl (C=O) groups excluding carboxylic acids is 1. The van der Waals surface area contributed by atoms with Gasteiger partial charge in [-0.25, -0.2) is 0 Å². The van der Waals surface area contributed by atoms with Crippen LogP contribution in [0.15, 0.2) is 24.3 Å². The summed E-state index contributed by atoms with van der Waals surface area (Å²) in [6.07, 6.45) is 6.32. The Balaban J connectivity index is 1.62. The van der Waals surface area contributed by atoms with Crippen molar-refractivity contribution in [2.45, 2.75) is 58.5 Å². The van der Waals surface area contributed by atoms with Gasteiger partial charge >= 0.3 is 5.69 Å². The highest BCUT2D eigenvalue weighted by atomic mass is 16.6. The normalized spacial score (nSPS) is 15.1. The molecule has 8 nitrogen and oxygen atoms in total. The van der Waals surface area contributed by atoms with Crippen LogP contribution in [0.4, 0.5) is 5.69 Å². The van der Waals surface area contributed by atoms with Gasteiger partial charge in [0.05, 0.1) is 4.92 Å². The van der Waals surface area contributed by atoms with E-state index in [0.29, 0.717) is 18.7 Å². The summed E-state index contributed by atoms with van der Waals surface area (Å²) in [6, 6.07) is 8.14. The molecule has 1 aromatic carbocycles. The fourth-order valence-electron chi connectivity index (χ4n) is 3.81. The Labute approximate surface area is 170 Å². The highest BCUT2D eigenvalue weighted by Gasteiger charge is 2.28. The van der Waals surface area contributed by atoms with Gasteiger partial charge in [-0.15, -0.1) is 0 Å². The Kier molecular flexibility index (Phi) is 7.35. The van der Waals surface area contributed by atoms with Crippen LogP contribution in [0, 0.1) is 10.1 Å². The molecule has 0 saturated carbocycles. The average Bonchev–Trinajstić information content (AvgIpc) is 2.96. The number of hydrogen-bond donors (Lipinski definition) is 2. The standard InChI is InChI=1S/C21H29N5O3/c1-2-8-18-20(26(28)29)19(24-23-18)21(27)22-14-16-9-7-10-17(13-16)15-25-11-5-3-4-6-12-25/h7,9-10,13H,2-6,8,11-12,14-15H2,1H3,(H,22,27)(H,23,24). The number of amides is 1. The van der Waals surface area contributed by atoms with Crippen molar-refractivity contribution >= 4 is 11.6 Å². The summed E-state index contributed by atoms with van der Waals surface area (Å²) in [5.74, 6) is -0.534. The molecule has 0 unspecified atom stereocenters. The number of aromatic amines is 1. The van der Waals surface area contributed by atoms with Crippen molar-refractivity contribution in [2.75, 3.05) is 13.1 Å². The van der Waals surface area contributed by atoms with Crippen LogP contribution >= 0.6 is 0 Å². The minimum Gasteiger partial charge on any atom is -0.346 e. The predicted molar refractivity (Wildman–Crippen MR) is 111 cm³/mol. The molecule has 2 N–H and O–H groups in total. The Bertz CT molecular complexity index is 841. The third-order valence-electron chi connectivity index (χ3n) is 5.26. The summed E-state index contributed by atoms with van der Waals surface area (Å²) in [5.41, 5.74) is 2.20. The van der Waals surface area contributed by atoms with Gasteiger partial charge in [-0.2, -0.15) is 5.10 Å². The number of aryl methyl sites for hydroxylation is 1. The molecular weight excluding hydrogens is 370 g/mol. The van der Waals surface area contributed by atoms with Gasteiger partial charge in [0.2, 0.25) is 5.69 Å². The van der Waals surface area contributed by atoms with Crippen LogP contribution in [0.25, 0.3) is 0 Å². The fraction of sp³-hybridized carbons (Fsp3) is 0.524. The lowest BCUT2D eigenvalue weighted by atomic mass is 10.1. The first-order valence-corrected chi connectivity index (χ1v) is 10.4. The molecule has 1 aliphatic heterocycles. The van der Waals surface area contributed by atoms with Crippen LogP contribution in [0.2, 0.25) is 0 Å². The molecule has 2 heterocycles. The number of nitrogens with one attached hydrogen (secondary N) is 2. The molecule has 0 spiro atoms. The molecule has 1 amide bonds. The number of nitro groups is 1. The zero-order valence-corrected chi connectivity index (χ0v) is 16.9. The van der Waals surface area contributed by atoms with Gasteiger partial charge in [0.25, 0.3) is 5.91 Å². The zero-order valence-electron chi connectivity index (χ0n) is 16.9. The maximum Gasteiger partial charge on any atom is 0.322 e. The quantitative estimate of drug-likeness (QED) is 0.521. The van der Waals surface area contributed by atoms with Crippen molar-refractivity contribution in [3.05, 3.63) is 56.9 Å². The van der Waals surface area contributed by atoms with Crippen molar-refractivity contribution in [2.24, 2.45) is 0 Å². The van der Waals surface area contributed by atoms with E-state index in [1.807, 2.05) is 19.1 Å². The Hall–Kier alpha value is -2.74. The number of hydrogen-bond acceptors (Lipinski definition) is 5. The van der Waals surface area contributed by atoms with Crippen molar-refractivity contribution in [1.82, 2.24) is 20.4 Å². The van der Waals surface area contributed by atoms with E-state index in [9.17, 15) is 14.9 Å². The SMILES string of the molecule is CCCc1[nH]nc(C(=O)NCc2cccc(CN3CCCCCC3)c2)c1[N+](=O)[O-]. The first kappa shape index (κ1) is 21.0. The van der Waals surface area contributed by atoms with E-state index in [1.54, 1.807) is 0 Å². The molecule has 0 atom stereocenters. The van der Waals surface area contributed by atoms with Gasteiger partial charge < -0.3 is 5.32 Å². The van der Waals surface area contributed by atoms with Gasteiger partial charge in [-0.05, 0) is 43.5 Å². The number of nitrogens with zero attached hydrogens (tertiary/aromatic N) is 3. The van der Waals surface area contributed by atoms with Crippen LogP contribution in [0.3, 0.4) is 0 Å². The Morgan fingerprint density at radius 1 is 1.24 bits per heavy atom. The highest BCUT2D eigenvalue weighted by Crippen LogP contribution is 2.22. The van der Waals surface area contributed by atoms with Gasteiger partial charge in [0.15, 0.2) is 0 Å². The lowest BCUT2D eigenvalue weighted by molar-refractivity contribution is -0.385. The van der Waals surface area contributed by atoms with Crippen LogP contribution in [0.5, 0.6) is 0 Å². The number of aromatic nitrogens is 2. The van der Waals surface area contributed by atoms with Crippen molar-refractivity contribution in [3.8, 4) is 0 Å². The summed E-state index contributed by atoms with van der Waals surface area (Å²) in [6.45, 7) is 5.39. The fourth-order valence-corrected chi connectivity index (χ4v) is 3.81. The molecule has 2 aromatic rings. The van der Waals surface area contributed by atoms with Crippen molar-refractivity contribution < 1.29 is 9.72 Å². The van der Waals surface area contributed by atoms with E-state index in [2.05, 4.69) is 32.5 Å². The van der Waals surface area contributed by atoms with E-state index in [0.717, 1.165) is 31.6 Å². The topological polar surface area (TPSA) is 104 Å². The molecule has 0 radical (unpaired) electrons. The summed E-state index contributed by atoms with van der Waals surface area (Å²) in [4.78, 5) is 25.8. The second-order valence-electron chi connectivity index (χ2n) is 7.60. The van der Waals surface area contributed by atoms with Crippen LogP contribution in [-0.2, 0) is 19.5 Å². The molecule has 1 aromatic heterocycles. The predicted octanol–water partition coefficient (Wildman–Crippen LogP) is 3.58. The summed E-state index contributed by atoms with van der Waals surface area (Å²) >= 11 is 0. The molecule has 0 bridgehead atoms. The number of carbonyl (C=O) groups is 1. The third kappa shape index (κ3) is 5.63.